The van der Waals surface area contributed by atoms with Crippen molar-refractivity contribution in [3.63, 3.8) is 0 Å². The maximum absolute atomic E-state index is 13.8. The van der Waals surface area contributed by atoms with Crippen molar-refractivity contribution in [1.82, 2.24) is 28.9 Å². The minimum atomic E-state index is 0.0401. The number of amides is 1. The lowest BCUT2D eigenvalue weighted by Crippen LogP contribution is -2.35. The number of rotatable bonds is 3. The van der Waals surface area contributed by atoms with Gasteiger partial charge in [0.2, 0.25) is 5.95 Å². The first-order valence-corrected chi connectivity index (χ1v) is 11.0. The SMILES string of the molecule is CC(C)n1c2ccccc2c2c1cc(C(=O)N1CCCN(C)CC1)n2-c1ncccn1. The molecule has 31 heavy (non-hydrogen) atoms. The minimum Gasteiger partial charge on any atom is -0.337 e. The lowest BCUT2D eigenvalue weighted by molar-refractivity contribution is 0.0755. The summed E-state index contributed by atoms with van der Waals surface area (Å²) in [6.45, 7) is 7.74. The molecule has 0 radical (unpaired) electrons. The maximum atomic E-state index is 13.8. The van der Waals surface area contributed by atoms with Crippen LogP contribution < -0.4 is 0 Å². The third kappa shape index (κ3) is 3.29. The number of fused-ring (bicyclic) bond motifs is 3. The number of hydrogen-bond acceptors (Lipinski definition) is 4. The number of carbonyl (C=O) groups excluding carboxylic acids is 1. The molecule has 0 aliphatic carbocycles. The molecule has 0 N–H and O–H groups in total. The first kappa shape index (κ1) is 19.8. The van der Waals surface area contributed by atoms with E-state index in [0.717, 1.165) is 54.5 Å². The maximum Gasteiger partial charge on any atom is 0.271 e. The highest BCUT2D eigenvalue weighted by Gasteiger charge is 2.28. The van der Waals surface area contributed by atoms with E-state index in [9.17, 15) is 4.79 Å². The van der Waals surface area contributed by atoms with E-state index in [1.165, 1.54) is 0 Å². The molecule has 160 valence electrons. The van der Waals surface area contributed by atoms with E-state index in [2.05, 4.69) is 58.5 Å². The number of para-hydroxylation sites is 1. The zero-order valence-corrected chi connectivity index (χ0v) is 18.3. The van der Waals surface area contributed by atoms with Crippen molar-refractivity contribution in [2.75, 3.05) is 33.2 Å². The second-order valence-electron chi connectivity index (χ2n) is 8.58. The van der Waals surface area contributed by atoms with Gasteiger partial charge < -0.3 is 14.4 Å². The van der Waals surface area contributed by atoms with Crippen LogP contribution in [0.2, 0.25) is 0 Å². The van der Waals surface area contributed by atoms with Gasteiger partial charge in [0.15, 0.2) is 0 Å². The Morgan fingerprint density at radius 3 is 2.52 bits per heavy atom. The molecule has 0 atom stereocenters. The van der Waals surface area contributed by atoms with E-state index in [1.54, 1.807) is 18.5 Å². The summed E-state index contributed by atoms with van der Waals surface area (Å²) in [5.41, 5.74) is 3.81. The van der Waals surface area contributed by atoms with Crippen molar-refractivity contribution >= 4 is 27.8 Å². The highest BCUT2D eigenvalue weighted by atomic mass is 16.2. The summed E-state index contributed by atoms with van der Waals surface area (Å²) in [7, 11) is 2.11. The molecule has 1 fully saturated rings. The summed E-state index contributed by atoms with van der Waals surface area (Å²) in [5.74, 6) is 0.567. The Labute approximate surface area is 181 Å². The molecule has 7 nitrogen and oxygen atoms in total. The first-order chi connectivity index (χ1) is 15.1. The Morgan fingerprint density at radius 1 is 0.968 bits per heavy atom. The molecule has 7 heteroatoms. The molecule has 0 bridgehead atoms. The van der Waals surface area contributed by atoms with Crippen LogP contribution in [-0.2, 0) is 0 Å². The second-order valence-corrected chi connectivity index (χ2v) is 8.58. The monoisotopic (exact) mass is 416 g/mol. The van der Waals surface area contributed by atoms with E-state index < -0.39 is 0 Å². The van der Waals surface area contributed by atoms with E-state index >= 15 is 0 Å². The molecule has 3 aromatic heterocycles. The third-order valence-corrected chi connectivity index (χ3v) is 6.15. The molecular weight excluding hydrogens is 388 g/mol. The number of likely N-dealkylation sites (N-methyl/N-ethyl adjacent to an activating group) is 1. The number of benzene rings is 1. The summed E-state index contributed by atoms with van der Waals surface area (Å²) < 4.78 is 4.25. The van der Waals surface area contributed by atoms with Gasteiger partial charge >= 0.3 is 0 Å². The lowest BCUT2D eigenvalue weighted by Gasteiger charge is -2.21. The fourth-order valence-electron chi connectivity index (χ4n) is 4.69. The smallest absolute Gasteiger partial charge is 0.271 e. The van der Waals surface area contributed by atoms with Gasteiger partial charge in [-0.05, 0) is 52.1 Å². The van der Waals surface area contributed by atoms with Crippen molar-refractivity contribution < 1.29 is 4.79 Å². The number of nitrogens with zero attached hydrogens (tertiary/aromatic N) is 6. The predicted octanol–water partition coefficient (Wildman–Crippen LogP) is 3.73. The third-order valence-electron chi connectivity index (χ3n) is 6.15. The van der Waals surface area contributed by atoms with Crippen LogP contribution in [0, 0.1) is 0 Å². The Morgan fingerprint density at radius 2 is 1.74 bits per heavy atom. The fourth-order valence-corrected chi connectivity index (χ4v) is 4.69. The summed E-state index contributed by atoms with van der Waals surface area (Å²) in [5, 5.41) is 1.10. The number of hydrogen-bond donors (Lipinski definition) is 0. The topological polar surface area (TPSA) is 59.2 Å². The normalized spacial score (nSPS) is 15.8. The van der Waals surface area contributed by atoms with Crippen LogP contribution in [0.4, 0.5) is 0 Å². The molecule has 1 amide bonds. The Bertz CT molecular complexity index is 1240. The van der Waals surface area contributed by atoms with Gasteiger partial charge in [0.05, 0.1) is 16.6 Å². The summed E-state index contributed by atoms with van der Waals surface area (Å²) >= 11 is 0. The quantitative estimate of drug-likeness (QED) is 0.511. The molecule has 4 aromatic rings. The summed E-state index contributed by atoms with van der Waals surface area (Å²) in [6.07, 6.45) is 4.43. The summed E-state index contributed by atoms with van der Waals surface area (Å²) in [4.78, 5) is 27.0. The highest BCUT2D eigenvalue weighted by Crippen LogP contribution is 2.35. The van der Waals surface area contributed by atoms with Gasteiger partial charge in [0.1, 0.15) is 5.69 Å². The van der Waals surface area contributed by atoms with Crippen LogP contribution in [0.1, 0.15) is 36.8 Å². The zero-order valence-electron chi connectivity index (χ0n) is 18.3. The fraction of sp³-hybridized carbons (Fsp3) is 0.375. The average Bonchev–Trinajstić information content (AvgIpc) is 3.21. The van der Waals surface area contributed by atoms with Crippen LogP contribution in [0.15, 0.2) is 48.8 Å². The first-order valence-electron chi connectivity index (χ1n) is 11.0. The molecule has 4 heterocycles. The molecule has 1 aromatic carbocycles. The van der Waals surface area contributed by atoms with Gasteiger partial charge in [0, 0.05) is 43.5 Å². The Balaban J connectivity index is 1.77. The van der Waals surface area contributed by atoms with Gasteiger partial charge in [-0.25, -0.2) is 9.97 Å². The van der Waals surface area contributed by atoms with Crippen LogP contribution in [0.5, 0.6) is 0 Å². The van der Waals surface area contributed by atoms with Crippen LogP contribution in [-0.4, -0.2) is 68.0 Å². The Hall–Kier alpha value is -3.19. The van der Waals surface area contributed by atoms with Crippen LogP contribution >= 0.6 is 0 Å². The molecule has 0 unspecified atom stereocenters. The number of carbonyl (C=O) groups is 1. The van der Waals surface area contributed by atoms with E-state index in [-0.39, 0.29) is 11.9 Å². The summed E-state index contributed by atoms with van der Waals surface area (Å²) in [6, 6.07) is 12.4. The van der Waals surface area contributed by atoms with Crippen molar-refractivity contribution in [3.05, 3.63) is 54.5 Å². The largest absolute Gasteiger partial charge is 0.337 e. The standard InChI is InChI=1S/C24H28N6O/c1-17(2)29-19-9-5-4-8-18(19)22-20(29)16-21(30(22)24-25-10-6-11-26-24)23(31)28-13-7-12-27(3)14-15-28/h4-6,8-11,16-17H,7,12-15H2,1-3H3. The molecular formula is C24H28N6O. The van der Waals surface area contributed by atoms with E-state index in [4.69, 9.17) is 0 Å². The molecule has 5 rings (SSSR count). The van der Waals surface area contributed by atoms with Crippen molar-refractivity contribution in [1.29, 1.82) is 0 Å². The predicted molar refractivity (Wildman–Crippen MR) is 123 cm³/mol. The van der Waals surface area contributed by atoms with Gasteiger partial charge in [-0.1, -0.05) is 18.2 Å². The molecule has 1 saturated heterocycles. The molecule has 1 aliphatic rings. The van der Waals surface area contributed by atoms with Crippen LogP contribution in [0.25, 0.3) is 27.9 Å². The van der Waals surface area contributed by atoms with Crippen molar-refractivity contribution in [2.45, 2.75) is 26.3 Å². The minimum absolute atomic E-state index is 0.0401. The van der Waals surface area contributed by atoms with E-state index in [0.29, 0.717) is 11.6 Å². The van der Waals surface area contributed by atoms with Gasteiger partial charge in [-0.2, -0.15) is 0 Å². The molecule has 0 saturated carbocycles. The van der Waals surface area contributed by atoms with Gasteiger partial charge in [-0.3, -0.25) is 9.36 Å². The highest BCUT2D eigenvalue weighted by molar-refractivity contribution is 6.11. The van der Waals surface area contributed by atoms with Crippen molar-refractivity contribution in [2.24, 2.45) is 0 Å². The average molecular weight is 417 g/mol. The lowest BCUT2D eigenvalue weighted by atomic mass is 10.2. The van der Waals surface area contributed by atoms with Gasteiger partial charge in [0.25, 0.3) is 5.91 Å². The van der Waals surface area contributed by atoms with Crippen LogP contribution in [0.3, 0.4) is 0 Å². The van der Waals surface area contributed by atoms with Gasteiger partial charge in [-0.15, -0.1) is 0 Å². The Kier molecular flexibility index (Phi) is 4.98. The second kappa shape index (κ2) is 7.81. The molecule has 0 spiro atoms. The van der Waals surface area contributed by atoms with E-state index in [1.807, 2.05) is 21.6 Å². The van der Waals surface area contributed by atoms with Crippen molar-refractivity contribution in [3.8, 4) is 5.95 Å². The molecule has 1 aliphatic heterocycles. The number of aromatic nitrogens is 4. The zero-order chi connectivity index (χ0) is 21.5.